The molecule has 0 saturated heterocycles. The Bertz CT molecular complexity index is 500. The standard InChI is InChI=1S/C11H8ClNO4/c12-5-9(14)17-6-13-8-4-2-1-3-7(8)10(15)11(13)16/h1-4H,5-6H2. The summed E-state index contributed by atoms with van der Waals surface area (Å²) in [6.45, 7) is -0.298. The molecule has 1 aromatic rings. The summed E-state index contributed by atoms with van der Waals surface area (Å²) in [5, 5.41) is 0. The molecule has 0 spiro atoms. The number of para-hydroxylation sites is 1. The van der Waals surface area contributed by atoms with Gasteiger partial charge in [0.2, 0.25) is 0 Å². The van der Waals surface area contributed by atoms with Gasteiger partial charge >= 0.3 is 11.9 Å². The highest BCUT2D eigenvalue weighted by Crippen LogP contribution is 2.28. The Morgan fingerprint density at radius 2 is 2.00 bits per heavy atom. The van der Waals surface area contributed by atoms with Crippen molar-refractivity contribution in [2.24, 2.45) is 0 Å². The molecule has 0 aliphatic carbocycles. The fourth-order valence-electron chi connectivity index (χ4n) is 1.55. The van der Waals surface area contributed by atoms with E-state index in [0.717, 1.165) is 4.90 Å². The molecule has 1 aromatic carbocycles. The predicted octanol–water partition coefficient (Wildman–Crippen LogP) is 0.955. The van der Waals surface area contributed by atoms with Crippen LogP contribution in [0.25, 0.3) is 0 Å². The van der Waals surface area contributed by atoms with Gasteiger partial charge in [-0.15, -0.1) is 11.6 Å². The van der Waals surface area contributed by atoms with Gasteiger partial charge in [-0.25, -0.2) is 0 Å². The van der Waals surface area contributed by atoms with E-state index in [1.54, 1.807) is 24.3 Å². The number of amides is 1. The molecular formula is C11H8ClNO4. The average molecular weight is 254 g/mol. The van der Waals surface area contributed by atoms with Gasteiger partial charge in [0.15, 0.2) is 6.73 Å². The van der Waals surface area contributed by atoms with Crippen LogP contribution in [0.2, 0.25) is 0 Å². The molecule has 2 rings (SSSR count). The van der Waals surface area contributed by atoms with Gasteiger partial charge < -0.3 is 4.74 Å². The first-order chi connectivity index (χ1) is 8.15. The minimum Gasteiger partial charge on any atom is -0.443 e. The monoisotopic (exact) mass is 253 g/mol. The Labute approximate surface area is 102 Å². The van der Waals surface area contributed by atoms with Gasteiger partial charge in [0.1, 0.15) is 5.88 Å². The minimum atomic E-state index is -0.700. The number of fused-ring (bicyclic) bond motifs is 1. The molecule has 88 valence electrons. The van der Waals surface area contributed by atoms with Crippen LogP contribution < -0.4 is 4.90 Å². The van der Waals surface area contributed by atoms with Gasteiger partial charge in [0, 0.05) is 0 Å². The van der Waals surface area contributed by atoms with Gasteiger partial charge in [-0.3, -0.25) is 19.3 Å². The number of carbonyl (C=O) groups is 3. The Morgan fingerprint density at radius 3 is 2.71 bits per heavy atom. The van der Waals surface area contributed by atoms with Crippen LogP contribution in [0.3, 0.4) is 0 Å². The number of carbonyl (C=O) groups excluding carboxylic acids is 3. The number of anilines is 1. The zero-order valence-corrected chi connectivity index (χ0v) is 9.44. The van der Waals surface area contributed by atoms with E-state index >= 15 is 0 Å². The first kappa shape index (κ1) is 11.6. The number of hydrogen-bond acceptors (Lipinski definition) is 4. The summed E-state index contributed by atoms with van der Waals surface area (Å²) in [4.78, 5) is 35.2. The second-order valence-electron chi connectivity index (χ2n) is 3.36. The average Bonchev–Trinajstić information content (AvgIpc) is 2.60. The highest BCUT2D eigenvalue weighted by Gasteiger charge is 2.35. The van der Waals surface area contributed by atoms with Crippen molar-refractivity contribution in [3.63, 3.8) is 0 Å². The third kappa shape index (κ3) is 2.01. The lowest BCUT2D eigenvalue weighted by molar-refractivity contribution is -0.140. The topological polar surface area (TPSA) is 63.7 Å². The van der Waals surface area contributed by atoms with Gasteiger partial charge in [-0.05, 0) is 12.1 Å². The number of rotatable bonds is 3. The lowest BCUT2D eigenvalue weighted by atomic mass is 10.1. The quantitative estimate of drug-likeness (QED) is 0.457. The molecule has 0 atom stereocenters. The van der Waals surface area contributed by atoms with E-state index in [0.29, 0.717) is 11.3 Å². The largest absolute Gasteiger partial charge is 0.443 e. The van der Waals surface area contributed by atoms with Crippen LogP contribution >= 0.6 is 11.6 Å². The summed E-state index contributed by atoms with van der Waals surface area (Å²) < 4.78 is 4.73. The summed E-state index contributed by atoms with van der Waals surface area (Å²) in [6.07, 6.45) is 0. The second-order valence-corrected chi connectivity index (χ2v) is 3.63. The zero-order chi connectivity index (χ0) is 12.4. The number of nitrogens with zero attached hydrogens (tertiary/aromatic N) is 1. The Hall–Kier alpha value is -1.88. The van der Waals surface area contributed by atoms with Crippen molar-refractivity contribution >= 4 is 34.9 Å². The number of hydrogen-bond donors (Lipinski definition) is 0. The molecule has 1 aliphatic rings. The normalized spacial score (nSPS) is 13.8. The molecule has 0 saturated carbocycles. The molecule has 0 bridgehead atoms. The van der Waals surface area contributed by atoms with Crippen molar-refractivity contribution in [1.82, 2.24) is 0 Å². The lowest BCUT2D eigenvalue weighted by Crippen LogP contribution is -2.33. The third-order valence-electron chi connectivity index (χ3n) is 2.34. The minimum absolute atomic E-state index is 0.294. The van der Waals surface area contributed by atoms with Gasteiger partial charge in [-0.1, -0.05) is 12.1 Å². The highest BCUT2D eigenvalue weighted by atomic mass is 35.5. The molecule has 0 unspecified atom stereocenters. The number of Topliss-reactive ketones (excluding diaryl/α,β-unsaturated/α-hetero) is 1. The third-order valence-corrected chi connectivity index (χ3v) is 2.56. The van der Waals surface area contributed by atoms with Crippen molar-refractivity contribution in [2.45, 2.75) is 0 Å². The molecule has 5 nitrogen and oxygen atoms in total. The van der Waals surface area contributed by atoms with Crippen molar-refractivity contribution in [1.29, 1.82) is 0 Å². The number of benzene rings is 1. The van der Waals surface area contributed by atoms with Crippen LogP contribution in [0.1, 0.15) is 10.4 Å². The molecular weight excluding hydrogens is 246 g/mol. The van der Waals surface area contributed by atoms with Crippen LogP contribution in [0.5, 0.6) is 0 Å². The molecule has 1 amide bonds. The first-order valence-corrected chi connectivity index (χ1v) is 5.35. The summed E-state index contributed by atoms with van der Waals surface area (Å²) in [5.41, 5.74) is 0.768. The van der Waals surface area contributed by atoms with Gasteiger partial charge in [0.05, 0.1) is 11.3 Å². The Kier molecular flexibility index (Phi) is 3.10. The smallest absolute Gasteiger partial charge is 0.322 e. The number of esters is 1. The highest BCUT2D eigenvalue weighted by molar-refractivity contribution is 6.52. The summed E-state index contributed by atoms with van der Waals surface area (Å²) in [7, 11) is 0. The van der Waals surface area contributed by atoms with E-state index < -0.39 is 17.7 Å². The molecule has 1 aliphatic heterocycles. The maximum Gasteiger partial charge on any atom is 0.322 e. The fraction of sp³-hybridized carbons (Fsp3) is 0.182. The van der Waals surface area contributed by atoms with E-state index in [1.807, 2.05) is 0 Å². The fourth-order valence-corrected chi connectivity index (χ4v) is 1.63. The summed E-state index contributed by atoms with van der Waals surface area (Å²) in [6, 6.07) is 6.53. The number of ether oxygens (including phenoxy) is 1. The van der Waals surface area contributed by atoms with E-state index in [2.05, 4.69) is 0 Å². The first-order valence-electron chi connectivity index (χ1n) is 4.82. The predicted molar refractivity (Wildman–Crippen MR) is 59.9 cm³/mol. The van der Waals surface area contributed by atoms with Crippen molar-refractivity contribution in [3.8, 4) is 0 Å². The van der Waals surface area contributed by atoms with Gasteiger partial charge in [0.25, 0.3) is 5.78 Å². The van der Waals surface area contributed by atoms with E-state index in [4.69, 9.17) is 16.3 Å². The van der Waals surface area contributed by atoms with Crippen molar-refractivity contribution in [3.05, 3.63) is 29.8 Å². The maximum atomic E-state index is 11.6. The van der Waals surface area contributed by atoms with Crippen LogP contribution in [0.15, 0.2) is 24.3 Å². The molecule has 17 heavy (non-hydrogen) atoms. The van der Waals surface area contributed by atoms with Crippen LogP contribution in [0, 0.1) is 0 Å². The van der Waals surface area contributed by atoms with E-state index in [9.17, 15) is 14.4 Å². The van der Waals surface area contributed by atoms with Crippen LogP contribution in [-0.4, -0.2) is 30.3 Å². The molecule has 0 aromatic heterocycles. The Balaban J connectivity index is 2.21. The molecule has 0 radical (unpaired) electrons. The molecule has 0 fully saturated rings. The van der Waals surface area contributed by atoms with Crippen LogP contribution in [-0.2, 0) is 14.3 Å². The van der Waals surface area contributed by atoms with E-state index in [1.165, 1.54) is 0 Å². The van der Waals surface area contributed by atoms with Gasteiger partial charge in [-0.2, -0.15) is 0 Å². The second kappa shape index (κ2) is 4.55. The van der Waals surface area contributed by atoms with Crippen LogP contribution in [0.4, 0.5) is 5.69 Å². The van der Waals surface area contributed by atoms with Crippen molar-refractivity contribution in [2.75, 3.05) is 17.5 Å². The van der Waals surface area contributed by atoms with Crippen molar-refractivity contribution < 1.29 is 19.1 Å². The summed E-state index contributed by atoms with van der Waals surface area (Å²) in [5.74, 6) is -2.23. The number of ketones is 1. The Morgan fingerprint density at radius 1 is 1.29 bits per heavy atom. The lowest BCUT2D eigenvalue weighted by Gasteiger charge is -2.15. The number of alkyl halides is 1. The summed E-state index contributed by atoms with van der Waals surface area (Å²) >= 11 is 5.26. The van der Waals surface area contributed by atoms with E-state index in [-0.39, 0.29) is 12.6 Å². The number of halogens is 1. The maximum absolute atomic E-state index is 11.6. The molecule has 0 N–H and O–H groups in total. The zero-order valence-electron chi connectivity index (χ0n) is 8.68. The molecule has 1 heterocycles. The SMILES string of the molecule is O=C(CCl)OCN1C(=O)C(=O)c2ccccc21. The molecule has 6 heteroatoms.